The smallest absolute Gasteiger partial charge is 0.338 e. The molecule has 3 aromatic heterocycles. The maximum atomic E-state index is 12.5. The first-order valence-electron chi connectivity index (χ1n) is 18.8. The number of pyridine rings is 1. The number of unbranched alkanes of at least 4 members (excludes halogenated alkanes) is 1. The molecule has 8 aromatic rings. The molecule has 0 aliphatic carbocycles. The molecule has 0 spiro atoms. The minimum absolute atomic E-state index is 0.408. The predicted octanol–water partition coefficient (Wildman–Crippen LogP) is 9.28. The van der Waals surface area contributed by atoms with E-state index in [2.05, 4.69) is 148 Å². The highest BCUT2D eigenvalue weighted by molar-refractivity contribution is 5.96. The molecule has 0 saturated heterocycles. The van der Waals surface area contributed by atoms with E-state index in [1.807, 2.05) is 29.1 Å². The number of hydrogen-bond donors (Lipinski definition) is 0. The Kier molecular flexibility index (Phi) is 10.4. The summed E-state index contributed by atoms with van der Waals surface area (Å²) in [5.74, 6) is 1.22. The minimum atomic E-state index is -0.828. The minimum Gasteiger partial charge on any atom is -0.465 e. The van der Waals surface area contributed by atoms with Crippen molar-refractivity contribution in [3.05, 3.63) is 198 Å². The van der Waals surface area contributed by atoms with Crippen molar-refractivity contribution >= 4 is 5.97 Å². The van der Waals surface area contributed by atoms with Crippen LogP contribution in [0.15, 0.2) is 164 Å². The average Bonchev–Trinajstić information content (AvgIpc) is 3.92. The first-order chi connectivity index (χ1) is 27.6. The van der Waals surface area contributed by atoms with Gasteiger partial charge in [0.25, 0.3) is 0 Å². The van der Waals surface area contributed by atoms with Gasteiger partial charge in [-0.3, -0.25) is 4.98 Å². The number of nitrogens with zero attached hydrogens (tertiary/aromatic N) is 7. The summed E-state index contributed by atoms with van der Waals surface area (Å²) < 4.78 is 9.16. The molecule has 56 heavy (non-hydrogen) atoms. The fourth-order valence-corrected chi connectivity index (χ4v) is 7.45. The Morgan fingerprint density at radius 1 is 0.714 bits per heavy atom. The molecule has 276 valence electrons. The summed E-state index contributed by atoms with van der Waals surface area (Å²) in [6.45, 7) is 2.82. The van der Waals surface area contributed by atoms with E-state index in [-0.39, 0.29) is 0 Å². The van der Waals surface area contributed by atoms with Gasteiger partial charge in [-0.15, -0.1) is 5.10 Å². The van der Waals surface area contributed by atoms with Crippen LogP contribution in [0, 0.1) is 0 Å². The molecule has 0 amide bonds. The number of tetrazole rings is 1. The number of benzene rings is 5. The van der Waals surface area contributed by atoms with Crippen LogP contribution in [0.5, 0.6) is 0 Å². The van der Waals surface area contributed by atoms with Crippen LogP contribution in [0.3, 0.4) is 0 Å². The number of aromatic nitrogens is 7. The van der Waals surface area contributed by atoms with E-state index >= 15 is 0 Å². The van der Waals surface area contributed by atoms with Crippen molar-refractivity contribution in [1.82, 2.24) is 34.7 Å². The lowest BCUT2D eigenvalue weighted by atomic mass is 9.77. The Hall–Kier alpha value is -7.00. The van der Waals surface area contributed by atoms with E-state index in [0.29, 0.717) is 29.2 Å². The van der Waals surface area contributed by atoms with Gasteiger partial charge in [0.05, 0.1) is 18.4 Å². The van der Waals surface area contributed by atoms with Crippen LogP contribution in [0.4, 0.5) is 0 Å². The zero-order valence-corrected chi connectivity index (χ0v) is 31.4. The van der Waals surface area contributed by atoms with Gasteiger partial charge in [0.15, 0.2) is 5.82 Å². The normalized spacial score (nSPS) is 11.4. The summed E-state index contributed by atoms with van der Waals surface area (Å²) >= 11 is 0. The number of esters is 1. The van der Waals surface area contributed by atoms with Crippen LogP contribution >= 0.6 is 0 Å². The van der Waals surface area contributed by atoms with Gasteiger partial charge in [-0.1, -0.05) is 153 Å². The van der Waals surface area contributed by atoms with Crippen molar-refractivity contribution in [3.8, 4) is 33.8 Å². The van der Waals surface area contributed by atoms with Gasteiger partial charge in [0.2, 0.25) is 0 Å². The third-order valence-corrected chi connectivity index (χ3v) is 10.3. The molecule has 0 bridgehead atoms. The number of carbonyl (C=O) groups excluding carboxylic acids is 1. The van der Waals surface area contributed by atoms with Crippen molar-refractivity contribution in [1.29, 1.82) is 0 Å². The maximum Gasteiger partial charge on any atom is 0.338 e. The van der Waals surface area contributed by atoms with Crippen LogP contribution in [0.25, 0.3) is 33.8 Å². The second-order valence-corrected chi connectivity index (χ2v) is 13.7. The second-order valence-electron chi connectivity index (χ2n) is 13.7. The number of ether oxygens (including phenoxy) is 1. The standard InChI is InChI=1S/C47H41N7O2/c1-3-4-20-44-49-43(42-31-48-30-29-41(42)46(55)56-2)33-53(44)32-34-21-23-35(24-22-34)36-25-27-37(28-26-36)45-50-51-52-54(45)47(38-14-8-5-9-15-38,39-16-10-6-11-17-39)40-18-12-7-13-19-40/h5-19,21-31,33H,3-4,20,32H2,1-2H3. The molecule has 0 N–H and O–H groups in total. The van der Waals surface area contributed by atoms with E-state index in [9.17, 15) is 4.79 Å². The number of hydrogen-bond acceptors (Lipinski definition) is 7. The third kappa shape index (κ3) is 6.91. The number of rotatable bonds is 13. The summed E-state index contributed by atoms with van der Waals surface area (Å²) in [6.07, 6.45) is 8.18. The topological polar surface area (TPSA) is 101 Å². The Balaban J connectivity index is 1.09. The molecule has 0 unspecified atom stereocenters. The largest absolute Gasteiger partial charge is 0.465 e. The van der Waals surface area contributed by atoms with E-state index < -0.39 is 11.5 Å². The van der Waals surface area contributed by atoms with Crippen LogP contribution in [0.1, 0.15) is 58.2 Å². The van der Waals surface area contributed by atoms with Gasteiger partial charge in [0.1, 0.15) is 11.4 Å². The van der Waals surface area contributed by atoms with Gasteiger partial charge in [-0.05, 0) is 56.3 Å². The summed E-state index contributed by atoms with van der Waals surface area (Å²) in [5, 5.41) is 13.6. The first-order valence-corrected chi connectivity index (χ1v) is 18.8. The molecule has 0 radical (unpaired) electrons. The van der Waals surface area contributed by atoms with Gasteiger partial charge < -0.3 is 9.30 Å². The number of aryl methyl sites for hydroxylation is 1. The van der Waals surface area contributed by atoms with Crippen molar-refractivity contribution < 1.29 is 9.53 Å². The molecular weight excluding hydrogens is 695 g/mol. The highest BCUT2D eigenvalue weighted by Gasteiger charge is 2.41. The molecule has 8 rings (SSSR count). The molecule has 9 heteroatoms. The van der Waals surface area contributed by atoms with Gasteiger partial charge in [-0.25, -0.2) is 14.5 Å². The van der Waals surface area contributed by atoms with E-state index in [1.54, 1.807) is 18.5 Å². The number of imidazole rings is 1. The van der Waals surface area contributed by atoms with Crippen molar-refractivity contribution in [2.75, 3.05) is 7.11 Å². The molecular formula is C47H41N7O2. The van der Waals surface area contributed by atoms with Gasteiger partial charge >= 0.3 is 5.97 Å². The van der Waals surface area contributed by atoms with Crippen LogP contribution in [-0.4, -0.2) is 47.8 Å². The fraction of sp³-hybridized carbons (Fsp3) is 0.149. The summed E-state index contributed by atoms with van der Waals surface area (Å²) in [4.78, 5) is 21.7. The quantitative estimate of drug-likeness (QED) is 0.0860. The SMILES string of the molecule is CCCCc1nc(-c2cnccc2C(=O)OC)cn1Cc1ccc(-c2ccc(-c3nnnn3C(c3ccccc3)(c3ccccc3)c3ccccc3)cc2)cc1. The van der Waals surface area contributed by atoms with Gasteiger partial charge in [-0.2, -0.15) is 0 Å². The lowest BCUT2D eigenvalue weighted by molar-refractivity contribution is 0.0601. The average molecular weight is 736 g/mol. The molecule has 0 fully saturated rings. The zero-order valence-electron chi connectivity index (χ0n) is 31.4. The third-order valence-electron chi connectivity index (χ3n) is 10.3. The summed E-state index contributed by atoms with van der Waals surface area (Å²) in [6, 6.07) is 50.0. The van der Waals surface area contributed by atoms with Crippen molar-refractivity contribution in [2.24, 2.45) is 0 Å². The maximum absolute atomic E-state index is 12.5. The van der Waals surface area contributed by atoms with Crippen molar-refractivity contribution in [2.45, 2.75) is 38.3 Å². The van der Waals surface area contributed by atoms with E-state index in [4.69, 9.17) is 14.9 Å². The summed E-state index contributed by atoms with van der Waals surface area (Å²) in [7, 11) is 1.38. The summed E-state index contributed by atoms with van der Waals surface area (Å²) in [5.41, 5.74) is 8.37. The molecule has 3 heterocycles. The molecule has 0 aliphatic rings. The lowest BCUT2D eigenvalue weighted by Gasteiger charge is -2.36. The first kappa shape index (κ1) is 36.0. The Morgan fingerprint density at radius 2 is 1.29 bits per heavy atom. The number of methoxy groups -OCH3 is 1. The molecule has 0 saturated carbocycles. The fourth-order valence-electron chi connectivity index (χ4n) is 7.45. The predicted molar refractivity (Wildman–Crippen MR) is 218 cm³/mol. The molecule has 5 aromatic carbocycles. The van der Waals surface area contributed by atoms with Crippen molar-refractivity contribution in [3.63, 3.8) is 0 Å². The highest BCUT2D eigenvalue weighted by atomic mass is 16.5. The van der Waals surface area contributed by atoms with Crippen LogP contribution < -0.4 is 0 Å². The Morgan fingerprint density at radius 3 is 1.86 bits per heavy atom. The Labute approximate surface area is 326 Å². The van der Waals surface area contributed by atoms with Crippen LogP contribution in [-0.2, 0) is 23.2 Å². The molecule has 0 aliphatic heterocycles. The zero-order chi connectivity index (χ0) is 38.3. The second kappa shape index (κ2) is 16.2. The molecule has 9 nitrogen and oxygen atoms in total. The monoisotopic (exact) mass is 735 g/mol. The van der Waals surface area contributed by atoms with E-state index in [0.717, 1.165) is 64.0 Å². The van der Waals surface area contributed by atoms with Crippen LogP contribution in [0.2, 0.25) is 0 Å². The van der Waals surface area contributed by atoms with Gasteiger partial charge in [0, 0.05) is 42.7 Å². The highest BCUT2D eigenvalue weighted by Crippen LogP contribution is 2.42. The number of carbonyl (C=O) groups is 1. The molecule has 0 atom stereocenters. The lowest BCUT2D eigenvalue weighted by Crippen LogP contribution is -2.39. The Bertz CT molecular complexity index is 2430. The van der Waals surface area contributed by atoms with E-state index in [1.165, 1.54) is 7.11 Å².